The number of aryl methyl sites for hydroxylation is 1. The van der Waals surface area contributed by atoms with Crippen molar-refractivity contribution in [1.82, 2.24) is 9.27 Å². The van der Waals surface area contributed by atoms with E-state index in [1.54, 1.807) is 0 Å². The molecule has 0 saturated carbocycles. The highest BCUT2D eigenvalue weighted by Gasteiger charge is 2.30. The molecule has 3 aromatic rings. The minimum Gasteiger partial charge on any atom is -0.465 e. The lowest BCUT2D eigenvalue weighted by atomic mass is 10.1. The predicted molar refractivity (Wildman–Crippen MR) is 164 cm³/mol. The molecule has 0 bridgehead atoms. The Morgan fingerprint density at radius 3 is 2.56 bits per heavy atom. The Bertz CT molecular complexity index is 1320. The van der Waals surface area contributed by atoms with E-state index in [0.717, 1.165) is 31.6 Å². The molecular formula is C27H37N3O5S3Si. The van der Waals surface area contributed by atoms with E-state index >= 15 is 0 Å². The predicted octanol–water partition coefficient (Wildman–Crippen LogP) is 7.51. The Kier molecular flexibility index (Phi) is 10.2. The molecule has 8 nitrogen and oxygen atoms in total. The van der Waals surface area contributed by atoms with Gasteiger partial charge in [-0.3, -0.25) is 9.80 Å². The van der Waals surface area contributed by atoms with Gasteiger partial charge in [0, 0.05) is 30.9 Å². The van der Waals surface area contributed by atoms with Crippen LogP contribution in [-0.2, 0) is 22.4 Å². The number of amides is 2. The summed E-state index contributed by atoms with van der Waals surface area (Å²) in [5, 5.41) is 12.5. The quantitative estimate of drug-likeness (QED) is 0.105. The van der Waals surface area contributed by atoms with Crippen LogP contribution in [0.25, 0.3) is 10.2 Å². The molecule has 0 aliphatic rings. The lowest BCUT2D eigenvalue weighted by Gasteiger charge is -2.31. The Morgan fingerprint density at radius 1 is 1.28 bits per heavy atom. The summed E-state index contributed by atoms with van der Waals surface area (Å²) in [6.45, 7) is 15.0. The van der Waals surface area contributed by atoms with E-state index in [0.29, 0.717) is 18.0 Å². The summed E-state index contributed by atoms with van der Waals surface area (Å²) >= 11 is 4.16. The number of ether oxygens (including phenoxy) is 2. The number of carbonyl (C=O) groups excluding carboxylic acids is 1. The monoisotopic (exact) mass is 607 g/mol. The minimum absolute atomic E-state index is 0.0314. The van der Waals surface area contributed by atoms with E-state index in [4.69, 9.17) is 15.9 Å². The second kappa shape index (κ2) is 12.8. The minimum atomic E-state index is -1.30. The maximum Gasteiger partial charge on any atom is 0.413 e. The number of fused-ring (bicyclic) bond motifs is 1. The van der Waals surface area contributed by atoms with Crippen molar-refractivity contribution in [2.75, 3.05) is 18.2 Å². The zero-order chi connectivity index (χ0) is 29.0. The fraction of sp³-hybridized carbons (Fsp3) is 0.519. The molecule has 1 atom stereocenters. The van der Waals surface area contributed by atoms with Crippen LogP contribution < -0.4 is 4.90 Å². The van der Waals surface area contributed by atoms with Crippen molar-refractivity contribution in [1.29, 1.82) is 0 Å². The lowest BCUT2D eigenvalue weighted by Crippen LogP contribution is -2.45. The number of hydrogen-bond donors (Lipinski definition) is 1. The molecular weight excluding hydrogens is 571 g/mol. The summed E-state index contributed by atoms with van der Waals surface area (Å²) in [5.74, 6) is 2.76. The normalized spacial score (nSPS) is 12.8. The Hall–Kier alpha value is -2.43. The van der Waals surface area contributed by atoms with Gasteiger partial charge in [0.2, 0.25) is 0 Å². The largest absolute Gasteiger partial charge is 0.465 e. The lowest BCUT2D eigenvalue weighted by molar-refractivity contribution is -0.0183. The standard InChI is InChI=1S/C27H37N3O5S3Si/c1-9-19(30(26(33)35-27(3,4)5)17-34-12-14-39(6,7)8)15-21-18(2)22-23(37-21)24(38-28-22)29(25(31)32)16-20-11-10-13-36-20/h1,10-11,13,19H,12,14-17H2,2-8H3,(H,31,32). The van der Waals surface area contributed by atoms with Crippen molar-refractivity contribution in [2.45, 2.75) is 78.0 Å². The highest BCUT2D eigenvalue weighted by atomic mass is 32.1. The molecule has 3 rings (SSSR count). The van der Waals surface area contributed by atoms with Gasteiger partial charge in [-0.2, -0.15) is 4.37 Å². The van der Waals surface area contributed by atoms with Crippen LogP contribution in [0.1, 0.15) is 36.1 Å². The molecule has 212 valence electrons. The molecule has 39 heavy (non-hydrogen) atoms. The molecule has 0 radical (unpaired) electrons. The molecule has 0 spiro atoms. The second-order valence-electron chi connectivity index (χ2n) is 11.4. The van der Waals surface area contributed by atoms with Crippen LogP contribution in [0.15, 0.2) is 17.5 Å². The Morgan fingerprint density at radius 2 is 2.00 bits per heavy atom. The zero-order valence-electron chi connectivity index (χ0n) is 23.6. The van der Waals surface area contributed by atoms with Gasteiger partial charge in [0.25, 0.3) is 0 Å². The highest BCUT2D eigenvalue weighted by molar-refractivity contribution is 7.25. The van der Waals surface area contributed by atoms with E-state index in [9.17, 15) is 14.7 Å². The molecule has 12 heteroatoms. The first kappa shape index (κ1) is 31.1. The fourth-order valence-electron chi connectivity index (χ4n) is 3.65. The molecule has 1 unspecified atom stereocenters. The van der Waals surface area contributed by atoms with Crippen molar-refractivity contribution < 1.29 is 24.2 Å². The number of anilines is 1. The van der Waals surface area contributed by atoms with Gasteiger partial charge in [-0.15, -0.1) is 29.1 Å². The van der Waals surface area contributed by atoms with E-state index in [1.165, 1.54) is 44.0 Å². The third-order valence-corrected chi connectivity index (χ3v) is 10.7. The van der Waals surface area contributed by atoms with Crippen LogP contribution in [0.3, 0.4) is 0 Å². The van der Waals surface area contributed by atoms with Crippen LogP contribution >= 0.6 is 34.2 Å². The van der Waals surface area contributed by atoms with Gasteiger partial charge in [0.1, 0.15) is 28.9 Å². The molecule has 0 fully saturated rings. The molecule has 3 heterocycles. The van der Waals surface area contributed by atoms with Gasteiger partial charge >= 0.3 is 12.2 Å². The van der Waals surface area contributed by atoms with Gasteiger partial charge in [-0.1, -0.05) is 31.6 Å². The number of aromatic nitrogens is 1. The maximum atomic E-state index is 13.2. The summed E-state index contributed by atoms with van der Waals surface area (Å²) in [5.41, 5.74) is 1.01. The molecule has 1 N–H and O–H groups in total. The van der Waals surface area contributed by atoms with Crippen LogP contribution in [0.5, 0.6) is 0 Å². The zero-order valence-corrected chi connectivity index (χ0v) is 27.0. The van der Waals surface area contributed by atoms with E-state index < -0.39 is 31.9 Å². The van der Waals surface area contributed by atoms with E-state index in [1.807, 2.05) is 45.2 Å². The van der Waals surface area contributed by atoms with Crippen molar-refractivity contribution in [3.63, 3.8) is 0 Å². The first-order valence-corrected chi connectivity index (χ1v) is 18.8. The van der Waals surface area contributed by atoms with Gasteiger partial charge in [-0.25, -0.2) is 9.59 Å². The topological polar surface area (TPSA) is 92.2 Å². The third-order valence-electron chi connectivity index (χ3n) is 5.80. The van der Waals surface area contributed by atoms with Crippen LogP contribution in [0.4, 0.5) is 14.6 Å². The smallest absolute Gasteiger partial charge is 0.413 e. The van der Waals surface area contributed by atoms with E-state index in [2.05, 4.69) is 29.9 Å². The van der Waals surface area contributed by atoms with Crippen LogP contribution in [-0.4, -0.2) is 59.6 Å². The summed E-state index contributed by atoms with van der Waals surface area (Å²) < 4.78 is 17.0. The molecule has 2 amide bonds. The van der Waals surface area contributed by atoms with Crippen molar-refractivity contribution in [2.24, 2.45) is 0 Å². The van der Waals surface area contributed by atoms with Crippen molar-refractivity contribution >= 4 is 69.7 Å². The van der Waals surface area contributed by atoms with Crippen LogP contribution in [0.2, 0.25) is 25.7 Å². The van der Waals surface area contributed by atoms with Gasteiger partial charge in [-0.05, 0) is 62.3 Å². The average Bonchev–Trinajstić information content (AvgIpc) is 3.53. The second-order valence-corrected chi connectivity index (χ2v) is 20.0. The number of nitrogens with zero attached hydrogens (tertiary/aromatic N) is 3. The summed E-state index contributed by atoms with van der Waals surface area (Å²) in [6, 6.07) is 4.18. The van der Waals surface area contributed by atoms with Crippen molar-refractivity contribution in [3.8, 4) is 12.3 Å². The van der Waals surface area contributed by atoms with E-state index in [-0.39, 0.29) is 13.3 Å². The summed E-state index contributed by atoms with van der Waals surface area (Å²) in [7, 11) is -1.30. The van der Waals surface area contributed by atoms with Gasteiger partial charge in [0.15, 0.2) is 0 Å². The third kappa shape index (κ3) is 8.52. The van der Waals surface area contributed by atoms with Gasteiger partial charge in [0.05, 0.1) is 11.2 Å². The summed E-state index contributed by atoms with van der Waals surface area (Å²) in [6.07, 6.45) is 4.79. The molecule has 0 aliphatic heterocycles. The number of carboxylic acid groups (broad SMARTS) is 1. The molecule has 0 saturated heterocycles. The Labute approximate surface area is 243 Å². The number of rotatable bonds is 11. The van der Waals surface area contributed by atoms with Crippen molar-refractivity contribution in [3.05, 3.63) is 32.8 Å². The summed E-state index contributed by atoms with van der Waals surface area (Å²) in [4.78, 5) is 30.0. The Balaban J connectivity index is 1.87. The maximum absolute atomic E-state index is 13.2. The first-order chi connectivity index (χ1) is 18.2. The first-order valence-electron chi connectivity index (χ1n) is 12.6. The number of hydrogen-bond acceptors (Lipinski definition) is 8. The number of carbonyl (C=O) groups is 2. The average molecular weight is 608 g/mol. The SMILES string of the molecule is C#CC(Cc1sc2c(N(Cc3cccs3)C(=O)O)snc2c1C)N(COCC[Si](C)(C)C)C(=O)OC(C)(C)C. The number of terminal acetylenes is 1. The fourth-order valence-corrected chi connectivity index (χ4v) is 7.45. The van der Waals surface area contributed by atoms with Crippen LogP contribution in [0, 0.1) is 19.3 Å². The molecule has 3 aromatic heterocycles. The molecule has 0 aliphatic carbocycles. The molecule has 0 aromatic carbocycles. The highest BCUT2D eigenvalue weighted by Crippen LogP contribution is 2.41. The number of thiophene rings is 2. The van der Waals surface area contributed by atoms with Gasteiger partial charge < -0.3 is 14.6 Å².